The number of amides is 2. The summed E-state index contributed by atoms with van der Waals surface area (Å²) < 4.78 is 12.3. The number of hydrogen-bond acceptors (Lipinski definition) is 6. The molecule has 4 aromatic rings. The van der Waals surface area contributed by atoms with Crippen LogP contribution in [0.3, 0.4) is 0 Å². The summed E-state index contributed by atoms with van der Waals surface area (Å²) in [5, 5.41) is 17.4. The molecule has 180 valence electrons. The van der Waals surface area contributed by atoms with E-state index in [1.165, 1.54) is 0 Å². The predicted octanol–water partition coefficient (Wildman–Crippen LogP) is 4.08. The van der Waals surface area contributed by atoms with Gasteiger partial charge in [-0.2, -0.15) is 5.10 Å². The Bertz CT molecular complexity index is 1560. The van der Waals surface area contributed by atoms with Crippen LogP contribution in [0, 0.1) is 0 Å². The molecule has 2 amide bonds. The molecule has 0 spiro atoms. The van der Waals surface area contributed by atoms with Crippen LogP contribution in [0.2, 0.25) is 5.02 Å². The van der Waals surface area contributed by atoms with Crippen LogP contribution in [0.1, 0.15) is 32.0 Å². The molecule has 4 N–H and O–H groups in total. The molecule has 1 aliphatic carbocycles. The quantitative estimate of drug-likeness (QED) is 0.386. The molecule has 0 bridgehead atoms. The number of phenols is 1. The van der Waals surface area contributed by atoms with Gasteiger partial charge in [-0.3, -0.25) is 9.59 Å². The zero-order chi connectivity index (χ0) is 25.0. The van der Waals surface area contributed by atoms with E-state index in [9.17, 15) is 14.7 Å². The van der Waals surface area contributed by atoms with Crippen LogP contribution in [0.15, 0.2) is 54.6 Å². The van der Waals surface area contributed by atoms with Crippen LogP contribution in [0.4, 0.5) is 5.69 Å². The van der Waals surface area contributed by atoms with Gasteiger partial charge in [0, 0.05) is 22.9 Å². The third kappa shape index (κ3) is 3.61. The second kappa shape index (κ2) is 8.31. The highest BCUT2D eigenvalue weighted by Gasteiger charge is 2.29. The van der Waals surface area contributed by atoms with Crippen LogP contribution >= 0.6 is 11.6 Å². The maximum absolute atomic E-state index is 13.1. The van der Waals surface area contributed by atoms with Crippen molar-refractivity contribution in [2.24, 2.45) is 5.73 Å². The van der Waals surface area contributed by atoms with E-state index in [-0.39, 0.29) is 28.8 Å². The number of anilines is 1. The summed E-state index contributed by atoms with van der Waals surface area (Å²) in [4.78, 5) is 25.3. The van der Waals surface area contributed by atoms with E-state index in [2.05, 4.69) is 10.4 Å². The Labute approximate surface area is 210 Å². The largest absolute Gasteiger partial charge is 0.508 e. The molecule has 2 heterocycles. The number of primary amides is 1. The number of rotatable bonds is 4. The third-order valence-corrected chi connectivity index (χ3v) is 6.60. The lowest BCUT2D eigenvalue weighted by Crippen LogP contribution is -2.16. The summed E-state index contributed by atoms with van der Waals surface area (Å²) in [6.07, 6.45) is 1.28. The minimum absolute atomic E-state index is 0.0753. The van der Waals surface area contributed by atoms with Crippen molar-refractivity contribution in [2.45, 2.75) is 12.8 Å². The molecule has 0 saturated heterocycles. The highest BCUT2D eigenvalue weighted by Crippen LogP contribution is 2.40. The molecule has 0 atom stereocenters. The molecular formula is C26H19ClN4O5. The summed E-state index contributed by atoms with van der Waals surface area (Å²) in [5.74, 6) is 0.0396. The standard InChI is InChI=1S/C26H19ClN4O5/c27-20-11-22-21(35-12-36-22)10-19(20)26(34)29-14-3-1-13-2-8-17-23(25(28)33)30-31(24(17)18(13)9-14)15-4-6-16(32)7-5-15/h1,3-7,9-11,32H,2,8,12H2,(H2,28,33)(H,29,34). The van der Waals surface area contributed by atoms with Gasteiger partial charge in [0.25, 0.3) is 11.8 Å². The number of nitrogens with zero attached hydrogens (tertiary/aromatic N) is 2. The van der Waals surface area contributed by atoms with Gasteiger partial charge in [0.1, 0.15) is 5.75 Å². The summed E-state index contributed by atoms with van der Waals surface area (Å²) >= 11 is 6.31. The van der Waals surface area contributed by atoms with Crippen LogP contribution in [-0.2, 0) is 12.8 Å². The lowest BCUT2D eigenvalue weighted by molar-refractivity contribution is 0.0992. The van der Waals surface area contributed by atoms with E-state index in [1.807, 2.05) is 18.2 Å². The Kier molecular flexibility index (Phi) is 5.08. The van der Waals surface area contributed by atoms with Gasteiger partial charge in [0.2, 0.25) is 6.79 Å². The van der Waals surface area contributed by atoms with Crippen LogP contribution < -0.4 is 20.5 Å². The zero-order valence-corrected chi connectivity index (χ0v) is 19.5. The van der Waals surface area contributed by atoms with Gasteiger partial charge in [0.05, 0.1) is 22.0 Å². The van der Waals surface area contributed by atoms with E-state index >= 15 is 0 Å². The third-order valence-electron chi connectivity index (χ3n) is 6.29. The maximum atomic E-state index is 13.1. The van der Waals surface area contributed by atoms with E-state index in [1.54, 1.807) is 41.1 Å². The summed E-state index contributed by atoms with van der Waals surface area (Å²) in [6, 6.07) is 15.2. The van der Waals surface area contributed by atoms with Crippen molar-refractivity contribution in [1.82, 2.24) is 9.78 Å². The number of carbonyl (C=O) groups is 2. The van der Waals surface area contributed by atoms with Crippen molar-refractivity contribution in [3.63, 3.8) is 0 Å². The first-order valence-corrected chi connectivity index (χ1v) is 11.5. The van der Waals surface area contributed by atoms with Gasteiger partial charge in [0.15, 0.2) is 17.2 Å². The number of carbonyl (C=O) groups excluding carboxylic acids is 2. The zero-order valence-electron chi connectivity index (χ0n) is 18.7. The number of hydrogen-bond donors (Lipinski definition) is 3. The van der Waals surface area contributed by atoms with E-state index in [0.29, 0.717) is 41.4 Å². The number of aryl methyl sites for hydroxylation is 1. The molecule has 3 aromatic carbocycles. The van der Waals surface area contributed by atoms with Gasteiger partial charge in [-0.15, -0.1) is 0 Å². The Morgan fingerprint density at radius 3 is 2.53 bits per heavy atom. The fraction of sp³-hybridized carbons (Fsp3) is 0.115. The molecule has 36 heavy (non-hydrogen) atoms. The van der Waals surface area contributed by atoms with Crippen molar-refractivity contribution in [3.05, 3.63) is 82.0 Å². The second-order valence-electron chi connectivity index (χ2n) is 8.48. The van der Waals surface area contributed by atoms with Crippen LogP contribution in [0.5, 0.6) is 17.2 Å². The fourth-order valence-electron chi connectivity index (χ4n) is 4.58. The molecule has 10 heteroatoms. The molecule has 0 saturated carbocycles. The highest BCUT2D eigenvalue weighted by molar-refractivity contribution is 6.34. The summed E-state index contributed by atoms with van der Waals surface area (Å²) in [5.41, 5.74) is 10.6. The predicted molar refractivity (Wildman–Crippen MR) is 132 cm³/mol. The number of fused-ring (bicyclic) bond motifs is 4. The molecule has 2 aliphatic rings. The first-order chi connectivity index (χ1) is 17.4. The lowest BCUT2D eigenvalue weighted by Gasteiger charge is -2.20. The molecule has 1 aliphatic heterocycles. The Balaban J connectivity index is 1.41. The number of nitrogens with one attached hydrogen (secondary N) is 1. The second-order valence-corrected chi connectivity index (χ2v) is 8.89. The van der Waals surface area contributed by atoms with Gasteiger partial charge in [-0.05, 0) is 60.9 Å². The van der Waals surface area contributed by atoms with Crippen molar-refractivity contribution in [1.29, 1.82) is 0 Å². The lowest BCUT2D eigenvalue weighted by atomic mass is 9.88. The average molecular weight is 503 g/mol. The molecular weight excluding hydrogens is 484 g/mol. The first-order valence-electron chi connectivity index (χ1n) is 11.1. The fourth-order valence-corrected chi connectivity index (χ4v) is 4.82. The Morgan fingerprint density at radius 2 is 1.78 bits per heavy atom. The normalized spacial score (nSPS) is 13.1. The number of aromatic nitrogens is 2. The molecule has 1 aromatic heterocycles. The van der Waals surface area contributed by atoms with Gasteiger partial charge >= 0.3 is 0 Å². The maximum Gasteiger partial charge on any atom is 0.269 e. The SMILES string of the molecule is NC(=O)c1nn(-c2ccc(O)cc2)c2c1CCc1ccc(NC(=O)c3cc4c(cc3Cl)OCO4)cc1-2. The Morgan fingerprint density at radius 1 is 1.03 bits per heavy atom. The topological polar surface area (TPSA) is 129 Å². The highest BCUT2D eigenvalue weighted by atomic mass is 35.5. The molecule has 0 unspecified atom stereocenters. The van der Waals surface area contributed by atoms with Gasteiger partial charge < -0.3 is 25.6 Å². The molecule has 0 fully saturated rings. The van der Waals surface area contributed by atoms with E-state index in [4.69, 9.17) is 26.8 Å². The number of ether oxygens (including phenoxy) is 2. The molecule has 9 nitrogen and oxygen atoms in total. The van der Waals surface area contributed by atoms with Crippen molar-refractivity contribution in [2.75, 3.05) is 12.1 Å². The minimum atomic E-state index is -0.617. The van der Waals surface area contributed by atoms with Crippen molar-refractivity contribution < 1.29 is 24.2 Å². The Hall–Kier alpha value is -4.50. The van der Waals surface area contributed by atoms with Crippen molar-refractivity contribution >= 4 is 29.1 Å². The average Bonchev–Trinajstić information content (AvgIpc) is 3.48. The molecule has 6 rings (SSSR count). The first kappa shape index (κ1) is 22.0. The van der Waals surface area contributed by atoms with Gasteiger partial charge in [-0.1, -0.05) is 17.7 Å². The van der Waals surface area contributed by atoms with Crippen LogP contribution in [-0.4, -0.2) is 33.5 Å². The number of halogens is 1. The minimum Gasteiger partial charge on any atom is -0.508 e. The number of benzene rings is 3. The van der Waals surface area contributed by atoms with Gasteiger partial charge in [-0.25, -0.2) is 4.68 Å². The van der Waals surface area contributed by atoms with E-state index in [0.717, 1.165) is 16.7 Å². The number of nitrogens with two attached hydrogens (primary N) is 1. The monoisotopic (exact) mass is 502 g/mol. The number of aromatic hydroxyl groups is 1. The van der Waals surface area contributed by atoms with E-state index < -0.39 is 11.8 Å². The summed E-state index contributed by atoms with van der Waals surface area (Å²) in [6.45, 7) is 0.0753. The van der Waals surface area contributed by atoms with Crippen molar-refractivity contribution in [3.8, 4) is 34.2 Å². The smallest absolute Gasteiger partial charge is 0.269 e. The van der Waals surface area contributed by atoms with Crippen LogP contribution in [0.25, 0.3) is 16.9 Å². The summed E-state index contributed by atoms with van der Waals surface area (Å²) in [7, 11) is 0. The number of phenolic OH excluding ortho intramolecular Hbond substituents is 1. The molecule has 0 radical (unpaired) electrons.